The Morgan fingerprint density at radius 3 is 1.95 bits per heavy atom. The van der Waals surface area contributed by atoms with E-state index in [0.717, 1.165) is 12.5 Å². The molecular weight excluding hydrogens is 945 g/mol. The van der Waals surface area contributed by atoms with Gasteiger partial charge < -0.3 is 24.8 Å². The molecule has 2 aliphatic rings. The second kappa shape index (κ2) is 20.5. The smallest absolute Gasteiger partial charge is 0.410 e. The zero-order valence-corrected chi connectivity index (χ0v) is 39.2. The molecule has 0 aromatic carbocycles. The number of nitrogens with one attached hydrogen (secondary N) is 1. The lowest BCUT2D eigenvalue weighted by Crippen LogP contribution is -2.59. The number of halogens is 3. The van der Waals surface area contributed by atoms with Crippen LogP contribution in [0.3, 0.4) is 0 Å². The number of hydrogen-bond donors (Lipinski definition) is 2. The minimum absolute atomic E-state index is 0.0139. The maximum absolute atomic E-state index is 12.7. The van der Waals surface area contributed by atoms with Crippen molar-refractivity contribution in [2.75, 3.05) is 66.1 Å². The minimum Gasteiger partial charge on any atom is -0.444 e. The molecule has 2 N–H and O–H groups in total. The lowest BCUT2D eigenvalue weighted by atomic mass is 10.0. The van der Waals surface area contributed by atoms with E-state index in [2.05, 4.69) is 47.8 Å². The average molecular weight is 994 g/mol. The Hall–Kier alpha value is -3.87. The summed E-state index contributed by atoms with van der Waals surface area (Å²) in [6, 6.07) is 5.21. The predicted octanol–water partition coefficient (Wildman–Crippen LogP) is 3.31. The zero-order valence-electron chi connectivity index (χ0n) is 34.5. The highest BCUT2D eigenvalue weighted by Crippen LogP contribution is 2.35. The second-order valence-corrected chi connectivity index (χ2v) is 20.4. The SMILES string of the molecule is C=CC(=O)N1C[C@H](c2cc(Cl)nc(-c3cc(C(=O)NC)ncn3)c2)N(S(C)(=O)=O)C[C@H]1COC.CC(C)(C)OC(=O)N1C[C@@H](c2cc(Cl)nc(Br)c2)N(S(C)(=O)=O)C[C@@H]1CO. The maximum atomic E-state index is 12.7. The number of methoxy groups -OCH3 is 1. The first-order chi connectivity index (χ1) is 28.4. The summed E-state index contributed by atoms with van der Waals surface area (Å²) < 4.78 is 63.8. The third-order valence-electron chi connectivity index (χ3n) is 9.37. The molecule has 0 radical (unpaired) electrons. The van der Waals surface area contributed by atoms with Gasteiger partial charge in [0.1, 0.15) is 32.5 Å². The van der Waals surface area contributed by atoms with Crippen molar-refractivity contribution in [2.45, 2.75) is 50.5 Å². The van der Waals surface area contributed by atoms with Crippen LogP contribution in [0.1, 0.15) is 54.5 Å². The number of rotatable bonds is 10. The van der Waals surface area contributed by atoms with E-state index in [9.17, 15) is 36.3 Å². The van der Waals surface area contributed by atoms with Crippen LogP contribution in [0.15, 0.2) is 53.9 Å². The van der Waals surface area contributed by atoms with Crippen LogP contribution in [0.5, 0.6) is 0 Å². The van der Waals surface area contributed by atoms with Gasteiger partial charge in [0.15, 0.2) is 0 Å². The number of sulfonamides is 2. The van der Waals surface area contributed by atoms with Crippen LogP contribution >= 0.6 is 39.1 Å². The van der Waals surface area contributed by atoms with Crippen molar-refractivity contribution in [3.8, 4) is 11.4 Å². The molecule has 3 amide bonds. The van der Waals surface area contributed by atoms with Crippen molar-refractivity contribution >= 4 is 77.1 Å². The fraction of sp³-hybridized carbons (Fsp3) is 0.486. The Labute approximate surface area is 373 Å². The molecule has 2 saturated heterocycles. The molecule has 19 nitrogen and oxygen atoms in total. The Kier molecular flexibility index (Phi) is 16.8. The molecule has 0 saturated carbocycles. The Balaban J connectivity index is 0.000000276. The molecule has 0 spiro atoms. The van der Waals surface area contributed by atoms with Crippen LogP contribution < -0.4 is 5.32 Å². The molecule has 5 rings (SSSR count). The van der Waals surface area contributed by atoms with Gasteiger partial charge in [-0.05, 0) is 84.2 Å². The van der Waals surface area contributed by atoms with Gasteiger partial charge in [0, 0.05) is 40.3 Å². The highest BCUT2D eigenvalue weighted by Gasteiger charge is 2.43. The fourth-order valence-electron chi connectivity index (χ4n) is 6.68. The molecule has 2 fully saturated rings. The van der Waals surface area contributed by atoms with Crippen molar-refractivity contribution in [1.82, 2.24) is 43.7 Å². The highest BCUT2D eigenvalue weighted by molar-refractivity contribution is 9.10. The third kappa shape index (κ3) is 13.1. The van der Waals surface area contributed by atoms with Gasteiger partial charge in [-0.15, -0.1) is 0 Å². The molecule has 0 unspecified atom stereocenters. The number of pyridine rings is 2. The van der Waals surface area contributed by atoms with Gasteiger partial charge in [0.05, 0.1) is 61.3 Å². The summed E-state index contributed by atoms with van der Waals surface area (Å²) >= 11 is 15.6. The van der Waals surface area contributed by atoms with Crippen molar-refractivity contribution in [1.29, 1.82) is 0 Å². The largest absolute Gasteiger partial charge is 0.444 e. The van der Waals surface area contributed by atoms with Crippen LogP contribution in [-0.2, 0) is 34.3 Å². The summed E-state index contributed by atoms with van der Waals surface area (Å²) in [5.41, 5.74) is 1.16. The van der Waals surface area contributed by atoms with Gasteiger partial charge in [0.2, 0.25) is 26.0 Å². The summed E-state index contributed by atoms with van der Waals surface area (Å²) in [4.78, 5) is 56.5. The van der Waals surface area contributed by atoms with Gasteiger partial charge in [-0.1, -0.05) is 29.8 Å². The number of aliphatic hydroxyl groups excluding tert-OH is 1. The van der Waals surface area contributed by atoms with E-state index in [4.69, 9.17) is 32.7 Å². The monoisotopic (exact) mass is 991 g/mol. The number of aromatic nitrogens is 4. The van der Waals surface area contributed by atoms with Gasteiger partial charge in [-0.3, -0.25) is 14.5 Å². The third-order valence-corrected chi connectivity index (χ3v) is 12.7. The molecule has 3 aromatic rings. The lowest BCUT2D eigenvalue weighted by molar-refractivity contribution is -0.132. The average Bonchev–Trinajstić information content (AvgIpc) is 3.18. The molecule has 4 atom stereocenters. The van der Waals surface area contributed by atoms with E-state index in [1.165, 1.54) is 51.0 Å². The molecule has 61 heavy (non-hydrogen) atoms. The summed E-state index contributed by atoms with van der Waals surface area (Å²) in [6.45, 7) is 8.57. The first-order valence-corrected chi connectivity index (χ1v) is 23.7. The van der Waals surface area contributed by atoms with Crippen molar-refractivity contribution in [2.24, 2.45) is 0 Å². The number of nitrogens with zero attached hydrogens (tertiary/aromatic N) is 8. The quantitative estimate of drug-likeness (QED) is 0.219. The Morgan fingerprint density at radius 1 is 0.885 bits per heavy atom. The van der Waals surface area contributed by atoms with Crippen LogP contribution in [0, 0.1) is 0 Å². The predicted molar refractivity (Wildman–Crippen MR) is 231 cm³/mol. The lowest BCUT2D eigenvalue weighted by Gasteiger charge is -2.44. The van der Waals surface area contributed by atoms with E-state index in [1.54, 1.807) is 45.0 Å². The molecule has 0 bridgehead atoms. The zero-order chi connectivity index (χ0) is 45.6. The van der Waals surface area contributed by atoms with Gasteiger partial charge in [-0.25, -0.2) is 41.6 Å². The summed E-state index contributed by atoms with van der Waals surface area (Å²) in [5.74, 6) is -0.740. The number of amides is 3. The number of carbonyl (C=O) groups excluding carboxylic acids is 3. The van der Waals surface area contributed by atoms with Crippen molar-refractivity contribution < 1.29 is 45.8 Å². The van der Waals surface area contributed by atoms with Crippen LogP contribution in [0.4, 0.5) is 4.79 Å². The summed E-state index contributed by atoms with van der Waals surface area (Å²) in [5, 5.41) is 12.5. The van der Waals surface area contributed by atoms with E-state index >= 15 is 0 Å². The van der Waals surface area contributed by atoms with Crippen LogP contribution in [0.2, 0.25) is 10.3 Å². The summed E-state index contributed by atoms with van der Waals surface area (Å²) in [7, 11) is -4.32. The fourth-order valence-corrected chi connectivity index (χ4v) is 9.86. The number of piperazine rings is 2. The van der Waals surface area contributed by atoms with E-state index in [0.29, 0.717) is 27.1 Å². The maximum Gasteiger partial charge on any atom is 0.410 e. The van der Waals surface area contributed by atoms with Crippen LogP contribution in [-0.4, -0.2) is 162 Å². The summed E-state index contributed by atoms with van der Waals surface area (Å²) in [6.07, 6.45) is 4.00. The molecule has 24 heteroatoms. The Bertz CT molecular complexity index is 2320. The van der Waals surface area contributed by atoms with Crippen molar-refractivity contribution in [3.05, 3.63) is 81.0 Å². The number of aliphatic hydroxyl groups is 1. The minimum atomic E-state index is -3.67. The molecule has 2 aliphatic heterocycles. The second-order valence-electron chi connectivity index (χ2n) is 15.0. The van der Waals surface area contributed by atoms with Gasteiger partial charge >= 0.3 is 6.09 Å². The molecule has 3 aromatic heterocycles. The first-order valence-electron chi connectivity index (χ1n) is 18.4. The number of ether oxygens (including phenoxy) is 2. The molecule has 334 valence electrons. The van der Waals surface area contributed by atoms with E-state index < -0.39 is 68.4 Å². The topological polar surface area (TPSA) is 235 Å². The molecule has 0 aliphatic carbocycles. The van der Waals surface area contributed by atoms with Gasteiger partial charge in [0.25, 0.3) is 5.91 Å². The Morgan fingerprint density at radius 2 is 1.44 bits per heavy atom. The standard InChI is InChI=1S/C21H25ClN6O5S.C16H23BrClN3O5S/c1-5-20(29)27-10-18(28(34(4,31)32)9-14(27)11-33-3)13-6-16(26-19(22)7-13)15-8-17(21(30)23-2)25-12-24-15;1-16(2,3)26-15(23)20-8-12(10-5-13(17)19-14(18)6-10)21(27(4,24)25)7-11(20)9-22/h5-8,12,14,18H,1,9-11H2,2-4H3,(H,23,30);5-6,11-12,22H,7-9H2,1-4H3/t14-,18+;11-,12+/m01/s1. The normalized spacial score (nSPS) is 20.3. The first kappa shape index (κ1) is 49.8. The molecular formula is C37H48BrCl2N9O10S2. The van der Waals surface area contributed by atoms with Crippen LogP contribution in [0.25, 0.3) is 11.4 Å². The highest BCUT2D eigenvalue weighted by atomic mass is 79.9. The number of hydrogen-bond acceptors (Lipinski definition) is 14. The van der Waals surface area contributed by atoms with E-state index in [-0.39, 0.29) is 54.7 Å². The number of carbonyl (C=O) groups is 3. The molecule has 5 heterocycles. The van der Waals surface area contributed by atoms with Crippen molar-refractivity contribution in [3.63, 3.8) is 0 Å². The van der Waals surface area contributed by atoms with Gasteiger partial charge in [-0.2, -0.15) is 8.61 Å². The van der Waals surface area contributed by atoms with E-state index in [1.807, 2.05) is 0 Å².